The van der Waals surface area contributed by atoms with Crippen LogP contribution in [-0.4, -0.2) is 50.8 Å². The van der Waals surface area contributed by atoms with Gasteiger partial charge in [-0.2, -0.15) is 0 Å². The van der Waals surface area contributed by atoms with Crippen molar-refractivity contribution in [3.05, 3.63) is 23.8 Å². The molecule has 2 aliphatic heterocycles. The van der Waals surface area contributed by atoms with E-state index in [4.69, 9.17) is 0 Å². The molecule has 2 fully saturated rings. The highest BCUT2D eigenvalue weighted by atomic mass is 32.2. The average Bonchev–Trinajstić information content (AvgIpc) is 3.48. The molecular weight excluding hydrogens is 414 g/mol. The molecule has 4 rings (SSSR count). The van der Waals surface area contributed by atoms with Crippen LogP contribution in [0.2, 0.25) is 0 Å². The monoisotopic (exact) mass is 447 g/mol. The van der Waals surface area contributed by atoms with Crippen molar-refractivity contribution in [1.29, 1.82) is 0 Å². The van der Waals surface area contributed by atoms with Crippen molar-refractivity contribution in [2.75, 3.05) is 24.5 Å². The smallest absolute Gasteiger partial charge is 0.240 e. The van der Waals surface area contributed by atoms with Crippen molar-refractivity contribution < 1.29 is 18.0 Å². The molecular formula is C23H33N3O4S. The Balaban J connectivity index is 1.38. The normalized spacial score (nSPS) is 26.1. The zero-order valence-corrected chi connectivity index (χ0v) is 19.5. The molecule has 1 N–H and O–H groups in total. The number of nitrogens with zero attached hydrogens (tertiary/aromatic N) is 2. The Hall–Kier alpha value is -1.93. The molecule has 0 spiro atoms. The second-order valence-electron chi connectivity index (χ2n) is 9.72. The van der Waals surface area contributed by atoms with Crippen LogP contribution < -0.4 is 9.62 Å². The molecule has 1 saturated heterocycles. The molecule has 1 aromatic carbocycles. The highest BCUT2D eigenvalue weighted by Gasteiger charge is 2.39. The molecule has 1 saturated carbocycles. The van der Waals surface area contributed by atoms with E-state index in [0.29, 0.717) is 18.3 Å². The van der Waals surface area contributed by atoms with Crippen molar-refractivity contribution in [1.82, 2.24) is 9.62 Å². The largest absolute Gasteiger partial charge is 0.342 e. The first kappa shape index (κ1) is 22.3. The lowest BCUT2D eigenvalue weighted by Crippen LogP contribution is -2.43. The fraction of sp³-hybridized carbons (Fsp3) is 0.652. The predicted octanol–water partition coefficient (Wildman–Crippen LogP) is 2.55. The molecule has 2 amide bonds. The number of benzene rings is 1. The summed E-state index contributed by atoms with van der Waals surface area (Å²) in [6, 6.07) is 5.02. The molecule has 31 heavy (non-hydrogen) atoms. The number of fused-ring (bicyclic) bond motifs is 1. The Morgan fingerprint density at radius 3 is 2.42 bits per heavy atom. The van der Waals surface area contributed by atoms with E-state index in [2.05, 4.69) is 18.6 Å². The lowest BCUT2D eigenvalue weighted by atomic mass is 9.92. The van der Waals surface area contributed by atoms with Crippen LogP contribution in [0.25, 0.3) is 0 Å². The third-order valence-electron chi connectivity index (χ3n) is 6.59. The van der Waals surface area contributed by atoms with Gasteiger partial charge < -0.3 is 9.80 Å². The fourth-order valence-electron chi connectivity index (χ4n) is 5.04. The first-order chi connectivity index (χ1) is 14.7. The second kappa shape index (κ2) is 8.54. The maximum atomic E-state index is 12.8. The quantitative estimate of drug-likeness (QED) is 0.726. The predicted molar refractivity (Wildman–Crippen MR) is 119 cm³/mol. The third-order valence-corrected chi connectivity index (χ3v) is 8.05. The van der Waals surface area contributed by atoms with Crippen LogP contribution in [0.4, 0.5) is 5.69 Å². The van der Waals surface area contributed by atoms with Gasteiger partial charge in [0.2, 0.25) is 21.8 Å². The zero-order valence-electron chi connectivity index (χ0n) is 18.6. The van der Waals surface area contributed by atoms with Crippen LogP contribution in [0.5, 0.6) is 0 Å². The first-order valence-corrected chi connectivity index (χ1v) is 12.9. The van der Waals surface area contributed by atoms with Gasteiger partial charge >= 0.3 is 0 Å². The molecule has 2 heterocycles. The van der Waals surface area contributed by atoms with Crippen LogP contribution in [-0.2, 0) is 26.0 Å². The fourth-order valence-corrected chi connectivity index (χ4v) is 6.12. The minimum Gasteiger partial charge on any atom is -0.342 e. The Bertz CT molecular complexity index is 963. The number of piperidine rings is 1. The summed E-state index contributed by atoms with van der Waals surface area (Å²) in [5.74, 6) is 1.23. The number of amides is 2. The van der Waals surface area contributed by atoms with E-state index in [0.717, 1.165) is 43.6 Å². The van der Waals surface area contributed by atoms with Gasteiger partial charge in [0.05, 0.1) is 4.90 Å². The van der Waals surface area contributed by atoms with Crippen molar-refractivity contribution in [2.24, 2.45) is 17.8 Å². The number of carbonyl (C=O) groups is 2. The van der Waals surface area contributed by atoms with Crippen LogP contribution in [0, 0.1) is 17.8 Å². The molecule has 3 unspecified atom stereocenters. The van der Waals surface area contributed by atoms with Gasteiger partial charge in [-0.1, -0.05) is 13.8 Å². The lowest BCUT2D eigenvalue weighted by molar-refractivity contribution is -0.133. The Labute approximate surface area is 185 Å². The van der Waals surface area contributed by atoms with E-state index in [1.54, 1.807) is 18.2 Å². The van der Waals surface area contributed by atoms with Crippen molar-refractivity contribution >= 4 is 27.5 Å². The van der Waals surface area contributed by atoms with Gasteiger partial charge in [0.1, 0.15) is 0 Å². The highest BCUT2D eigenvalue weighted by Crippen LogP contribution is 2.39. The Morgan fingerprint density at radius 1 is 1.10 bits per heavy atom. The minimum absolute atomic E-state index is 0.00175. The van der Waals surface area contributed by atoms with E-state index in [1.807, 2.05) is 16.7 Å². The molecule has 1 aromatic rings. The van der Waals surface area contributed by atoms with Gasteiger partial charge in [-0.15, -0.1) is 0 Å². The lowest BCUT2D eigenvalue weighted by Gasteiger charge is -2.35. The van der Waals surface area contributed by atoms with Gasteiger partial charge in [-0.25, -0.2) is 13.1 Å². The second-order valence-corrected chi connectivity index (χ2v) is 11.5. The maximum absolute atomic E-state index is 12.8. The molecule has 0 aromatic heterocycles. The minimum atomic E-state index is -3.71. The van der Waals surface area contributed by atoms with Crippen LogP contribution in [0.3, 0.4) is 0 Å². The SMILES string of the molecule is CC1CC(C)CN(C(=O)CCNS(=O)(=O)c2ccc3c(c2)CC(C)N3C(=O)C2CC2)C1. The maximum Gasteiger partial charge on any atom is 0.240 e. The summed E-state index contributed by atoms with van der Waals surface area (Å²) in [6.45, 7) is 7.87. The van der Waals surface area contributed by atoms with Gasteiger partial charge in [0.25, 0.3) is 0 Å². The van der Waals surface area contributed by atoms with Gasteiger partial charge in [-0.3, -0.25) is 9.59 Å². The van der Waals surface area contributed by atoms with Gasteiger partial charge in [-0.05, 0) is 68.2 Å². The molecule has 3 aliphatic rings. The first-order valence-electron chi connectivity index (χ1n) is 11.4. The summed E-state index contributed by atoms with van der Waals surface area (Å²) < 4.78 is 28.2. The van der Waals surface area contributed by atoms with Crippen molar-refractivity contribution in [3.63, 3.8) is 0 Å². The number of sulfonamides is 1. The molecule has 170 valence electrons. The number of rotatable bonds is 6. The summed E-state index contributed by atoms with van der Waals surface area (Å²) in [5, 5.41) is 0. The Kier molecular flexibility index (Phi) is 6.14. The number of anilines is 1. The van der Waals surface area contributed by atoms with Crippen LogP contribution >= 0.6 is 0 Å². The average molecular weight is 448 g/mol. The van der Waals surface area contributed by atoms with E-state index in [-0.39, 0.29) is 41.6 Å². The zero-order chi connectivity index (χ0) is 22.3. The van der Waals surface area contributed by atoms with Crippen molar-refractivity contribution in [2.45, 2.75) is 63.8 Å². The highest BCUT2D eigenvalue weighted by molar-refractivity contribution is 7.89. The number of hydrogen-bond donors (Lipinski definition) is 1. The summed E-state index contributed by atoms with van der Waals surface area (Å²) in [7, 11) is -3.71. The molecule has 8 heteroatoms. The molecule has 7 nitrogen and oxygen atoms in total. The van der Waals surface area contributed by atoms with Gasteiger partial charge in [0, 0.05) is 43.7 Å². The van der Waals surface area contributed by atoms with Gasteiger partial charge in [0.15, 0.2) is 0 Å². The van der Waals surface area contributed by atoms with E-state index in [9.17, 15) is 18.0 Å². The van der Waals surface area contributed by atoms with Crippen LogP contribution in [0.15, 0.2) is 23.1 Å². The standard InChI is InChI=1S/C23H33N3O4S/c1-15-10-16(2)14-25(13-15)22(27)8-9-24-31(29,30)20-6-7-21-19(12-20)11-17(3)26(21)23(28)18-4-5-18/h6-7,12,15-18,24H,4-5,8-11,13-14H2,1-3H3. The number of nitrogens with one attached hydrogen (secondary N) is 1. The molecule has 1 aliphatic carbocycles. The third kappa shape index (κ3) is 4.80. The number of carbonyl (C=O) groups excluding carboxylic acids is 2. The van der Waals surface area contributed by atoms with E-state index in [1.165, 1.54) is 0 Å². The van der Waals surface area contributed by atoms with E-state index < -0.39 is 10.0 Å². The molecule has 3 atom stereocenters. The summed E-state index contributed by atoms with van der Waals surface area (Å²) >= 11 is 0. The van der Waals surface area contributed by atoms with Crippen molar-refractivity contribution in [3.8, 4) is 0 Å². The summed E-state index contributed by atoms with van der Waals surface area (Å²) in [5.41, 5.74) is 1.71. The van der Waals surface area contributed by atoms with E-state index >= 15 is 0 Å². The topological polar surface area (TPSA) is 86.8 Å². The summed E-state index contributed by atoms with van der Waals surface area (Å²) in [4.78, 5) is 29.0. The number of likely N-dealkylation sites (tertiary alicyclic amines) is 1. The summed E-state index contributed by atoms with van der Waals surface area (Å²) in [6.07, 6.45) is 3.83. The molecule has 0 radical (unpaired) electrons. The number of hydrogen-bond acceptors (Lipinski definition) is 4. The van der Waals surface area contributed by atoms with Crippen LogP contribution in [0.1, 0.15) is 52.0 Å². The Morgan fingerprint density at radius 2 is 1.77 bits per heavy atom. The molecule has 0 bridgehead atoms.